The van der Waals surface area contributed by atoms with Crippen molar-refractivity contribution in [1.29, 1.82) is 0 Å². The monoisotopic (exact) mass is 263 g/mol. The van der Waals surface area contributed by atoms with E-state index in [1.54, 1.807) is 23.0 Å². The fourth-order valence-corrected chi connectivity index (χ4v) is 1.83. The summed E-state index contributed by atoms with van der Waals surface area (Å²) >= 11 is 0. The first-order chi connectivity index (χ1) is 9.13. The molecule has 0 bridgehead atoms. The summed E-state index contributed by atoms with van der Waals surface area (Å²) < 4.78 is 15.3. The number of benzene rings is 1. The van der Waals surface area contributed by atoms with Crippen molar-refractivity contribution in [2.45, 2.75) is 19.5 Å². The van der Waals surface area contributed by atoms with Gasteiger partial charge < -0.3 is 15.0 Å². The molecule has 0 saturated carbocycles. The molecule has 19 heavy (non-hydrogen) atoms. The van der Waals surface area contributed by atoms with E-state index < -0.39 is 17.8 Å². The van der Waals surface area contributed by atoms with Gasteiger partial charge in [-0.05, 0) is 19.1 Å². The Morgan fingerprint density at radius 2 is 2.26 bits per heavy atom. The number of nitrogens with one attached hydrogen (secondary N) is 1. The number of imidazole rings is 1. The van der Waals surface area contributed by atoms with Crippen LogP contribution in [-0.2, 0) is 11.3 Å². The van der Waals surface area contributed by atoms with Crippen molar-refractivity contribution in [1.82, 2.24) is 9.55 Å². The van der Waals surface area contributed by atoms with E-state index >= 15 is 0 Å². The SMILES string of the molecule is CCn1cncc1C(Nc1ccccc1F)C(=O)O. The van der Waals surface area contributed by atoms with E-state index in [4.69, 9.17) is 0 Å². The lowest BCUT2D eigenvalue weighted by Crippen LogP contribution is -2.23. The predicted octanol–water partition coefficient (Wildman–Crippen LogP) is 2.28. The molecule has 0 radical (unpaired) electrons. The summed E-state index contributed by atoms with van der Waals surface area (Å²) in [6.45, 7) is 2.48. The van der Waals surface area contributed by atoms with Crippen molar-refractivity contribution >= 4 is 11.7 Å². The molecule has 0 spiro atoms. The van der Waals surface area contributed by atoms with Crippen LogP contribution in [0.2, 0.25) is 0 Å². The Balaban J connectivity index is 2.32. The van der Waals surface area contributed by atoms with E-state index in [9.17, 15) is 14.3 Å². The zero-order valence-electron chi connectivity index (χ0n) is 10.4. The molecule has 2 rings (SSSR count). The number of hydrogen-bond acceptors (Lipinski definition) is 3. The van der Waals surface area contributed by atoms with Gasteiger partial charge in [-0.15, -0.1) is 0 Å². The Kier molecular flexibility index (Phi) is 3.79. The van der Waals surface area contributed by atoms with E-state index in [1.807, 2.05) is 6.92 Å². The fraction of sp³-hybridized carbons (Fsp3) is 0.231. The van der Waals surface area contributed by atoms with Crippen LogP contribution in [0.4, 0.5) is 10.1 Å². The summed E-state index contributed by atoms with van der Waals surface area (Å²) in [5.41, 5.74) is 0.636. The maximum Gasteiger partial charge on any atom is 0.332 e. The quantitative estimate of drug-likeness (QED) is 0.868. The topological polar surface area (TPSA) is 67.2 Å². The van der Waals surface area contributed by atoms with E-state index in [1.165, 1.54) is 18.3 Å². The molecule has 100 valence electrons. The number of halogens is 1. The summed E-state index contributed by atoms with van der Waals surface area (Å²) in [5, 5.41) is 12.0. The van der Waals surface area contributed by atoms with E-state index in [0.29, 0.717) is 12.2 Å². The molecule has 2 N–H and O–H groups in total. The zero-order chi connectivity index (χ0) is 13.8. The summed E-state index contributed by atoms with van der Waals surface area (Å²) in [6.07, 6.45) is 3.02. The fourth-order valence-electron chi connectivity index (χ4n) is 1.83. The van der Waals surface area contributed by atoms with Crippen LogP contribution in [-0.4, -0.2) is 20.6 Å². The number of carboxylic acid groups (broad SMARTS) is 1. The number of anilines is 1. The average molecular weight is 263 g/mol. The van der Waals surface area contributed by atoms with Gasteiger partial charge in [-0.1, -0.05) is 12.1 Å². The molecule has 2 aromatic rings. The number of aliphatic carboxylic acids is 1. The van der Waals surface area contributed by atoms with Crippen LogP contribution < -0.4 is 5.32 Å². The molecule has 5 nitrogen and oxygen atoms in total. The average Bonchev–Trinajstić information content (AvgIpc) is 2.85. The molecule has 1 aromatic carbocycles. The van der Waals surface area contributed by atoms with Gasteiger partial charge in [0.15, 0.2) is 6.04 Å². The lowest BCUT2D eigenvalue weighted by molar-refractivity contribution is -0.138. The minimum Gasteiger partial charge on any atom is -0.479 e. The molecular formula is C13H14FN3O2. The van der Waals surface area contributed by atoms with Gasteiger partial charge in [-0.3, -0.25) is 0 Å². The Labute approximate surface area is 109 Å². The van der Waals surface area contributed by atoms with Crippen LogP contribution >= 0.6 is 0 Å². The first kappa shape index (κ1) is 13.1. The Morgan fingerprint density at radius 3 is 2.89 bits per heavy atom. The zero-order valence-corrected chi connectivity index (χ0v) is 10.4. The van der Waals surface area contributed by atoms with Gasteiger partial charge in [0.05, 0.1) is 23.9 Å². The summed E-state index contributed by atoms with van der Waals surface area (Å²) in [7, 11) is 0. The highest BCUT2D eigenvalue weighted by molar-refractivity contribution is 5.78. The van der Waals surface area contributed by atoms with Gasteiger partial charge >= 0.3 is 5.97 Å². The third-order valence-electron chi connectivity index (χ3n) is 2.80. The number of carboxylic acids is 1. The van der Waals surface area contributed by atoms with Crippen molar-refractivity contribution in [3.63, 3.8) is 0 Å². The second kappa shape index (κ2) is 5.51. The smallest absolute Gasteiger partial charge is 0.332 e. The lowest BCUT2D eigenvalue weighted by atomic mass is 10.2. The molecule has 0 aliphatic heterocycles. The highest BCUT2D eigenvalue weighted by Gasteiger charge is 2.24. The molecule has 6 heteroatoms. The highest BCUT2D eigenvalue weighted by atomic mass is 19.1. The van der Waals surface area contributed by atoms with Crippen molar-refractivity contribution in [3.8, 4) is 0 Å². The van der Waals surface area contributed by atoms with Crippen LogP contribution in [0.25, 0.3) is 0 Å². The normalized spacial score (nSPS) is 12.1. The molecule has 0 aliphatic rings. The molecule has 1 heterocycles. The standard InChI is InChI=1S/C13H14FN3O2/c1-2-17-8-15-7-11(17)12(13(18)19)16-10-6-4-3-5-9(10)14/h3-8,12,16H,2H2,1H3,(H,18,19). The highest BCUT2D eigenvalue weighted by Crippen LogP contribution is 2.22. The second-order valence-corrected chi connectivity index (χ2v) is 4.00. The molecular weight excluding hydrogens is 249 g/mol. The van der Waals surface area contributed by atoms with E-state index in [0.717, 1.165) is 0 Å². The number of para-hydroxylation sites is 1. The minimum atomic E-state index is -1.08. The van der Waals surface area contributed by atoms with Gasteiger partial charge in [-0.2, -0.15) is 0 Å². The number of carbonyl (C=O) groups is 1. The van der Waals surface area contributed by atoms with Gasteiger partial charge in [0.2, 0.25) is 0 Å². The van der Waals surface area contributed by atoms with Crippen molar-refractivity contribution in [3.05, 3.63) is 48.3 Å². The van der Waals surface area contributed by atoms with Crippen LogP contribution in [0, 0.1) is 5.82 Å². The summed E-state index contributed by atoms with van der Waals surface area (Å²) in [6, 6.07) is 4.92. The van der Waals surface area contributed by atoms with Crippen LogP contribution in [0.1, 0.15) is 18.7 Å². The Hall–Kier alpha value is -2.37. The van der Waals surface area contributed by atoms with Gasteiger partial charge in [0.1, 0.15) is 5.82 Å². The van der Waals surface area contributed by atoms with Crippen LogP contribution in [0.5, 0.6) is 0 Å². The largest absolute Gasteiger partial charge is 0.479 e. The van der Waals surface area contributed by atoms with Crippen molar-refractivity contribution in [2.75, 3.05) is 5.32 Å². The molecule has 1 unspecified atom stereocenters. The molecule has 0 fully saturated rings. The molecule has 0 aliphatic carbocycles. The van der Waals surface area contributed by atoms with Crippen molar-refractivity contribution < 1.29 is 14.3 Å². The van der Waals surface area contributed by atoms with E-state index in [2.05, 4.69) is 10.3 Å². The summed E-state index contributed by atoms with van der Waals surface area (Å²) in [5.74, 6) is -1.57. The summed E-state index contributed by atoms with van der Waals surface area (Å²) in [4.78, 5) is 15.3. The third-order valence-corrected chi connectivity index (χ3v) is 2.80. The van der Waals surface area contributed by atoms with Crippen LogP contribution in [0.3, 0.4) is 0 Å². The number of aryl methyl sites for hydroxylation is 1. The first-order valence-electron chi connectivity index (χ1n) is 5.87. The minimum absolute atomic E-state index is 0.152. The third kappa shape index (κ3) is 2.73. The number of nitrogens with zero attached hydrogens (tertiary/aromatic N) is 2. The predicted molar refractivity (Wildman–Crippen MR) is 68.3 cm³/mol. The number of aromatic nitrogens is 2. The maximum atomic E-state index is 13.6. The number of hydrogen-bond donors (Lipinski definition) is 2. The lowest BCUT2D eigenvalue weighted by Gasteiger charge is -2.17. The van der Waals surface area contributed by atoms with E-state index in [-0.39, 0.29) is 5.69 Å². The molecule has 1 aromatic heterocycles. The maximum absolute atomic E-state index is 13.6. The Bertz CT molecular complexity index is 583. The van der Waals surface area contributed by atoms with Gasteiger partial charge in [0, 0.05) is 6.54 Å². The second-order valence-electron chi connectivity index (χ2n) is 4.00. The molecule has 0 saturated heterocycles. The van der Waals surface area contributed by atoms with Crippen LogP contribution in [0.15, 0.2) is 36.8 Å². The molecule has 0 amide bonds. The first-order valence-corrected chi connectivity index (χ1v) is 5.87. The number of rotatable bonds is 5. The Morgan fingerprint density at radius 1 is 1.53 bits per heavy atom. The van der Waals surface area contributed by atoms with Gasteiger partial charge in [-0.25, -0.2) is 14.2 Å². The van der Waals surface area contributed by atoms with Gasteiger partial charge in [0.25, 0.3) is 0 Å². The van der Waals surface area contributed by atoms with Crippen molar-refractivity contribution in [2.24, 2.45) is 0 Å². The molecule has 1 atom stereocenters.